The average molecular weight is 513 g/mol. The summed E-state index contributed by atoms with van der Waals surface area (Å²) in [7, 11) is 0. The normalized spacial score (nSPS) is 10.6. The SMILES string of the molecule is Cc1ccc(NC(=O)c2csc(-c3cccs3)n2)cc1C(=O)Nc1cnc(Nc2ccccc2)nc1. The van der Waals surface area contributed by atoms with E-state index in [0.717, 1.165) is 21.1 Å². The third-order valence-electron chi connectivity index (χ3n) is 5.15. The molecular weight excluding hydrogens is 492 g/mol. The van der Waals surface area contributed by atoms with E-state index in [4.69, 9.17) is 0 Å². The molecule has 0 aliphatic carbocycles. The number of para-hydroxylation sites is 1. The van der Waals surface area contributed by atoms with E-state index in [-0.39, 0.29) is 11.8 Å². The first kappa shape index (κ1) is 23.3. The van der Waals surface area contributed by atoms with Crippen molar-refractivity contribution >= 4 is 57.5 Å². The number of nitrogens with zero attached hydrogens (tertiary/aromatic N) is 3. The quantitative estimate of drug-likeness (QED) is 0.239. The Morgan fingerprint density at radius 1 is 0.806 bits per heavy atom. The molecule has 2 aromatic carbocycles. The zero-order valence-corrected chi connectivity index (χ0v) is 20.7. The highest BCUT2D eigenvalue weighted by Gasteiger charge is 2.15. The number of amides is 2. The van der Waals surface area contributed by atoms with E-state index < -0.39 is 0 Å². The fourth-order valence-corrected chi connectivity index (χ4v) is 4.95. The van der Waals surface area contributed by atoms with Crippen molar-refractivity contribution in [1.82, 2.24) is 15.0 Å². The van der Waals surface area contributed by atoms with E-state index in [2.05, 4.69) is 30.9 Å². The molecule has 0 aliphatic heterocycles. The zero-order chi connectivity index (χ0) is 24.9. The average Bonchev–Trinajstić information content (AvgIpc) is 3.59. The first-order valence-electron chi connectivity index (χ1n) is 10.9. The molecular formula is C26H20N6O2S2. The topological polar surface area (TPSA) is 109 Å². The maximum Gasteiger partial charge on any atom is 0.275 e. The summed E-state index contributed by atoms with van der Waals surface area (Å²) in [5.41, 5.74) is 3.34. The summed E-state index contributed by atoms with van der Waals surface area (Å²) in [5.74, 6) is -0.242. The molecule has 3 aromatic heterocycles. The van der Waals surface area contributed by atoms with E-state index in [9.17, 15) is 9.59 Å². The minimum Gasteiger partial charge on any atom is -0.324 e. The van der Waals surface area contributed by atoms with Gasteiger partial charge in [-0.25, -0.2) is 15.0 Å². The molecule has 0 radical (unpaired) electrons. The van der Waals surface area contributed by atoms with Crippen LogP contribution in [0.4, 0.5) is 23.0 Å². The molecule has 2 amide bonds. The summed E-state index contributed by atoms with van der Waals surface area (Å²) in [4.78, 5) is 39.6. The van der Waals surface area contributed by atoms with Crippen LogP contribution in [0.15, 0.2) is 83.8 Å². The predicted octanol–water partition coefficient (Wildman–Crippen LogP) is 6.22. The molecule has 0 atom stereocenters. The third-order valence-corrected chi connectivity index (χ3v) is 7.03. The fourth-order valence-electron chi connectivity index (χ4n) is 3.34. The molecule has 8 nitrogen and oxygen atoms in total. The van der Waals surface area contributed by atoms with Gasteiger partial charge in [-0.1, -0.05) is 30.3 Å². The summed E-state index contributed by atoms with van der Waals surface area (Å²) in [6.07, 6.45) is 3.06. The van der Waals surface area contributed by atoms with Crippen molar-refractivity contribution in [2.45, 2.75) is 6.92 Å². The summed E-state index contributed by atoms with van der Waals surface area (Å²) in [6.45, 7) is 1.83. The molecule has 3 heterocycles. The van der Waals surface area contributed by atoms with Crippen LogP contribution in [0.1, 0.15) is 26.4 Å². The highest BCUT2D eigenvalue weighted by atomic mass is 32.1. The lowest BCUT2D eigenvalue weighted by molar-refractivity contribution is 0.101. The number of aromatic nitrogens is 3. The summed E-state index contributed by atoms with van der Waals surface area (Å²) >= 11 is 2.99. The Morgan fingerprint density at radius 2 is 1.58 bits per heavy atom. The molecule has 178 valence electrons. The Labute approximate surface area is 215 Å². The number of aryl methyl sites for hydroxylation is 1. The number of rotatable bonds is 7. The molecule has 0 aliphatic rings. The highest BCUT2D eigenvalue weighted by molar-refractivity contribution is 7.20. The van der Waals surface area contributed by atoms with Crippen LogP contribution in [-0.4, -0.2) is 26.8 Å². The van der Waals surface area contributed by atoms with Gasteiger partial charge < -0.3 is 16.0 Å². The smallest absolute Gasteiger partial charge is 0.275 e. The van der Waals surface area contributed by atoms with E-state index in [1.807, 2.05) is 54.8 Å². The van der Waals surface area contributed by atoms with E-state index in [1.54, 1.807) is 34.9 Å². The van der Waals surface area contributed by atoms with Crippen LogP contribution >= 0.6 is 22.7 Å². The van der Waals surface area contributed by atoms with Gasteiger partial charge in [0, 0.05) is 22.3 Å². The second-order valence-electron chi connectivity index (χ2n) is 7.74. The van der Waals surface area contributed by atoms with Crippen LogP contribution < -0.4 is 16.0 Å². The minimum absolute atomic E-state index is 0.329. The number of hydrogen-bond donors (Lipinski definition) is 3. The summed E-state index contributed by atoms with van der Waals surface area (Å²) in [6, 6.07) is 18.7. The standard InChI is InChI=1S/C26H20N6O2S2/c1-16-9-10-18(29-24(34)21-15-36-25(32-21)22-8-5-11-35-22)12-20(16)23(33)30-19-13-27-26(28-14-19)31-17-6-3-2-4-7-17/h2-15H,1H3,(H,29,34)(H,30,33)(H,27,28,31). The number of carbonyl (C=O) groups excluding carboxylic acids is 2. The minimum atomic E-state index is -0.334. The maximum atomic E-state index is 12.9. The van der Waals surface area contributed by atoms with Gasteiger partial charge in [-0.05, 0) is 48.2 Å². The Bertz CT molecular complexity index is 1500. The van der Waals surface area contributed by atoms with Crippen molar-refractivity contribution < 1.29 is 9.59 Å². The second kappa shape index (κ2) is 10.5. The van der Waals surface area contributed by atoms with Crippen molar-refractivity contribution in [3.8, 4) is 9.88 Å². The Hall–Kier alpha value is -4.41. The number of carbonyl (C=O) groups is 2. The number of benzene rings is 2. The summed E-state index contributed by atoms with van der Waals surface area (Å²) < 4.78 is 0. The highest BCUT2D eigenvalue weighted by Crippen LogP contribution is 2.28. The molecule has 3 N–H and O–H groups in total. The van der Waals surface area contributed by atoms with Crippen LogP contribution in [-0.2, 0) is 0 Å². The molecule has 5 aromatic rings. The van der Waals surface area contributed by atoms with Gasteiger partial charge in [0.25, 0.3) is 11.8 Å². The molecule has 0 spiro atoms. The van der Waals surface area contributed by atoms with Crippen LogP contribution in [0.3, 0.4) is 0 Å². The van der Waals surface area contributed by atoms with Crippen molar-refractivity contribution in [1.29, 1.82) is 0 Å². The van der Waals surface area contributed by atoms with Gasteiger partial charge >= 0.3 is 0 Å². The largest absolute Gasteiger partial charge is 0.324 e. The van der Waals surface area contributed by atoms with E-state index in [1.165, 1.54) is 23.7 Å². The number of anilines is 4. The maximum absolute atomic E-state index is 12.9. The lowest BCUT2D eigenvalue weighted by atomic mass is 10.1. The Kier molecular flexibility index (Phi) is 6.78. The molecule has 0 unspecified atom stereocenters. The van der Waals surface area contributed by atoms with Gasteiger partial charge in [-0.3, -0.25) is 9.59 Å². The van der Waals surface area contributed by atoms with Gasteiger partial charge in [-0.2, -0.15) is 0 Å². The predicted molar refractivity (Wildman–Crippen MR) is 144 cm³/mol. The summed E-state index contributed by atoms with van der Waals surface area (Å²) in [5, 5.41) is 13.2. The number of thiazole rings is 1. The monoisotopic (exact) mass is 512 g/mol. The lowest BCUT2D eigenvalue weighted by Gasteiger charge is -2.11. The van der Waals surface area contributed by atoms with Crippen molar-refractivity contribution in [2.75, 3.05) is 16.0 Å². The van der Waals surface area contributed by atoms with Gasteiger partial charge in [0.05, 0.1) is 23.0 Å². The van der Waals surface area contributed by atoms with Crippen LogP contribution in [0.2, 0.25) is 0 Å². The molecule has 10 heteroatoms. The molecule has 36 heavy (non-hydrogen) atoms. The van der Waals surface area contributed by atoms with Crippen molar-refractivity contribution in [3.63, 3.8) is 0 Å². The Morgan fingerprint density at radius 3 is 2.33 bits per heavy atom. The molecule has 0 saturated heterocycles. The van der Waals surface area contributed by atoms with Crippen molar-refractivity contribution in [3.05, 3.63) is 101 Å². The number of thiophene rings is 1. The van der Waals surface area contributed by atoms with E-state index >= 15 is 0 Å². The molecule has 0 bridgehead atoms. The van der Waals surface area contributed by atoms with Crippen LogP contribution in [0.25, 0.3) is 9.88 Å². The third kappa shape index (κ3) is 5.45. The zero-order valence-electron chi connectivity index (χ0n) is 19.1. The first-order chi connectivity index (χ1) is 17.5. The number of hydrogen-bond acceptors (Lipinski definition) is 8. The van der Waals surface area contributed by atoms with E-state index in [0.29, 0.717) is 28.6 Å². The van der Waals surface area contributed by atoms with Crippen LogP contribution in [0, 0.1) is 6.92 Å². The second-order valence-corrected chi connectivity index (χ2v) is 9.55. The van der Waals surface area contributed by atoms with Gasteiger partial charge in [0.1, 0.15) is 10.7 Å². The van der Waals surface area contributed by atoms with Crippen LogP contribution in [0.5, 0.6) is 0 Å². The fraction of sp³-hybridized carbons (Fsp3) is 0.0385. The molecule has 0 saturated carbocycles. The molecule has 0 fully saturated rings. The number of nitrogens with one attached hydrogen (secondary N) is 3. The Balaban J connectivity index is 1.25. The van der Waals surface area contributed by atoms with Crippen molar-refractivity contribution in [2.24, 2.45) is 0 Å². The lowest BCUT2D eigenvalue weighted by Crippen LogP contribution is -2.16. The van der Waals surface area contributed by atoms with Gasteiger partial charge in [-0.15, -0.1) is 22.7 Å². The van der Waals surface area contributed by atoms with Gasteiger partial charge in [0.15, 0.2) is 0 Å². The molecule has 5 rings (SSSR count). The first-order valence-corrected chi connectivity index (χ1v) is 12.7. The van der Waals surface area contributed by atoms with Gasteiger partial charge in [0.2, 0.25) is 5.95 Å².